The molecule has 1 aliphatic heterocycles. The molecule has 1 fully saturated rings. The summed E-state index contributed by atoms with van der Waals surface area (Å²) in [7, 11) is 0. The minimum atomic E-state index is -0.925. The summed E-state index contributed by atoms with van der Waals surface area (Å²) in [4.78, 5) is 24.6. The molecule has 1 aliphatic rings. The fourth-order valence-electron chi connectivity index (χ4n) is 2.22. The van der Waals surface area contributed by atoms with Crippen LogP contribution in [-0.4, -0.2) is 55.0 Å². The van der Waals surface area contributed by atoms with Gasteiger partial charge in [0.1, 0.15) is 12.4 Å². The van der Waals surface area contributed by atoms with Crippen molar-refractivity contribution in [3.8, 4) is 0 Å². The Bertz CT molecular complexity index is 503. The van der Waals surface area contributed by atoms with Gasteiger partial charge >= 0.3 is 5.97 Å². The summed E-state index contributed by atoms with van der Waals surface area (Å²) < 4.78 is 1.89. The molecule has 1 N–H and O–H groups in total. The van der Waals surface area contributed by atoms with E-state index >= 15 is 0 Å². The van der Waals surface area contributed by atoms with Gasteiger partial charge in [-0.3, -0.25) is 4.79 Å². The summed E-state index contributed by atoms with van der Waals surface area (Å²) in [5.41, 5.74) is 0. The van der Waals surface area contributed by atoms with Crippen molar-refractivity contribution in [2.75, 3.05) is 12.3 Å². The molecule has 1 unspecified atom stereocenters. The van der Waals surface area contributed by atoms with Gasteiger partial charge in [0.25, 0.3) is 0 Å². The lowest BCUT2D eigenvalue weighted by Gasteiger charge is -2.21. The number of hydrogen-bond acceptors (Lipinski definition) is 5. The highest BCUT2D eigenvalue weighted by Crippen LogP contribution is 2.22. The molecule has 110 valence electrons. The second-order valence-electron chi connectivity index (χ2n) is 4.99. The number of hydrogen-bond donors (Lipinski definition) is 1. The van der Waals surface area contributed by atoms with Gasteiger partial charge in [-0.15, -0.1) is 10.2 Å². The summed E-state index contributed by atoms with van der Waals surface area (Å²) in [6.07, 6.45) is 2.91. The molecule has 0 bridgehead atoms. The number of carbonyl (C=O) groups is 2. The Balaban J connectivity index is 1.95. The van der Waals surface area contributed by atoms with E-state index in [9.17, 15) is 9.59 Å². The number of likely N-dealkylation sites (tertiary alicyclic amines) is 1. The number of aliphatic carboxylic acids is 1. The third-order valence-corrected chi connectivity index (χ3v) is 4.22. The van der Waals surface area contributed by atoms with Crippen molar-refractivity contribution in [1.82, 2.24) is 19.7 Å². The van der Waals surface area contributed by atoms with Crippen LogP contribution in [0.2, 0.25) is 0 Å². The SMILES string of the molecule is CC(C)n1cnnc1SCC(=O)N1CCCC1C(=O)O. The zero-order valence-corrected chi connectivity index (χ0v) is 12.3. The van der Waals surface area contributed by atoms with E-state index in [1.807, 2.05) is 18.4 Å². The molecule has 1 amide bonds. The van der Waals surface area contributed by atoms with Crippen molar-refractivity contribution in [3.05, 3.63) is 6.33 Å². The lowest BCUT2D eigenvalue weighted by Crippen LogP contribution is -2.41. The Hall–Kier alpha value is -1.57. The molecule has 1 atom stereocenters. The average molecular weight is 298 g/mol. The Morgan fingerprint density at radius 2 is 2.30 bits per heavy atom. The van der Waals surface area contributed by atoms with Gasteiger partial charge in [0.2, 0.25) is 5.91 Å². The number of carbonyl (C=O) groups excluding carboxylic acids is 1. The number of thioether (sulfide) groups is 1. The average Bonchev–Trinajstić information content (AvgIpc) is 3.04. The molecule has 2 rings (SSSR count). The highest BCUT2D eigenvalue weighted by atomic mass is 32.2. The first-order valence-electron chi connectivity index (χ1n) is 6.55. The van der Waals surface area contributed by atoms with Crippen molar-refractivity contribution < 1.29 is 14.7 Å². The molecule has 0 radical (unpaired) electrons. The number of amides is 1. The van der Waals surface area contributed by atoms with Crippen LogP contribution in [0.5, 0.6) is 0 Å². The van der Waals surface area contributed by atoms with Crippen molar-refractivity contribution >= 4 is 23.6 Å². The fraction of sp³-hybridized carbons (Fsp3) is 0.667. The smallest absolute Gasteiger partial charge is 0.326 e. The van der Waals surface area contributed by atoms with Gasteiger partial charge < -0.3 is 14.6 Å². The first-order valence-corrected chi connectivity index (χ1v) is 7.54. The Kier molecular flexibility index (Phi) is 4.64. The predicted octanol–water partition coefficient (Wildman–Crippen LogP) is 1.03. The number of rotatable bonds is 5. The minimum Gasteiger partial charge on any atom is -0.480 e. The predicted molar refractivity (Wildman–Crippen MR) is 73.5 cm³/mol. The van der Waals surface area contributed by atoms with E-state index < -0.39 is 12.0 Å². The first kappa shape index (κ1) is 14.8. The number of nitrogens with zero attached hydrogens (tertiary/aromatic N) is 4. The van der Waals surface area contributed by atoms with Crippen LogP contribution in [0, 0.1) is 0 Å². The second-order valence-corrected chi connectivity index (χ2v) is 5.93. The van der Waals surface area contributed by atoms with Crippen LogP contribution >= 0.6 is 11.8 Å². The molecule has 0 spiro atoms. The molecule has 0 aromatic carbocycles. The van der Waals surface area contributed by atoms with E-state index in [2.05, 4.69) is 10.2 Å². The molecule has 1 aromatic rings. The lowest BCUT2D eigenvalue weighted by molar-refractivity contribution is -0.147. The zero-order chi connectivity index (χ0) is 14.7. The van der Waals surface area contributed by atoms with Crippen molar-refractivity contribution in [2.45, 2.75) is 43.9 Å². The van der Waals surface area contributed by atoms with Crippen LogP contribution in [0.1, 0.15) is 32.7 Å². The molecule has 0 saturated carbocycles. The fourth-order valence-corrected chi connectivity index (χ4v) is 3.15. The maximum Gasteiger partial charge on any atom is 0.326 e. The molecular formula is C12H18N4O3S. The molecule has 7 nitrogen and oxygen atoms in total. The molecule has 1 aromatic heterocycles. The molecule has 20 heavy (non-hydrogen) atoms. The van der Waals surface area contributed by atoms with E-state index in [1.165, 1.54) is 16.7 Å². The Labute approximate surface area is 121 Å². The largest absolute Gasteiger partial charge is 0.480 e. The standard InChI is InChI=1S/C12H18N4O3S/c1-8(2)16-7-13-14-12(16)20-6-10(17)15-5-3-4-9(15)11(18)19/h7-9H,3-6H2,1-2H3,(H,18,19). The van der Waals surface area contributed by atoms with E-state index in [4.69, 9.17) is 5.11 Å². The van der Waals surface area contributed by atoms with Crippen LogP contribution in [0.25, 0.3) is 0 Å². The molecular weight excluding hydrogens is 280 g/mol. The van der Waals surface area contributed by atoms with Gasteiger partial charge in [-0.05, 0) is 26.7 Å². The van der Waals surface area contributed by atoms with Crippen molar-refractivity contribution in [1.29, 1.82) is 0 Å². The van der Waals surface area contributed by atoms with Gasteiger partial charge in [0.05, 0.1) is 5.75 Å². The maximum atomic E-state index is 12.1. The summed E-state index contributed by atoms with van der Waals surface area (Å²) in [5.74, 6) is -0.890. The molecule has 8 heteroatoms. The van der Waals surface area contributed by atoms with Gasteiger partial charge in [0.15, 0.2) is 5.16 Å². The number of carboxylic acids is 1. The van der Waals surface area contributed by atoms with Crippen LogP contribution in [0.3, 0.4) is 0 Å². The number of aromatic nitrogens is 3. The summed E-state index contributed by atoms with van der Waals surface area (Å²) in [6.45, 7) is 4.54. The van der Waals surface area contributed by atoms with Gasteiger partial charge in [-0.25, -0.2) is 4.79 Å². The minimum absolute atomic E-state index is 0.154. The van der Waals surface area contributed by atoms with Gasteiger partial charge in [-0.2, -0.15) is 0 Å². The second kappa shape index (κ2) is 6.25. The third kappa shape index (κ3) is 3.12. The van der Waals surface area contributed by atoms with E-state index in [1.54, 1.807) is 6.33 Å². The van der Waals surface area contributed by atoms with Crippen molar-refractivity contribution in [2.24, 2.45) is 0 Å². The van der Waals surface area contributed by atoms with Crippen LogP contribution in [-0.2, 0) is 9.59 Å². The highest BCUT2D eigenvalue weighted by Gasteiger charge is 2.33. The third-order valence-electron chi connectivity index (χ3n) is 3.28. The van der Waals surface area contributed by atoms with Gasteiger partial charge in [0, 0.05) is 12.6 Å². The molecule has 0 aliphatic carbocycles. The van der Waals surface area contributed by atoms with E-state index in [0.717, 1.165) is 6.42 Å². The van der Waals surface area contributed by atoms with E-state index in [-0.39, 0.29) is 17.7 Å². The summed E-state index contributed by atoms with van der Waals surface area (Å²) in [6, 6.07) is -0.452. The maximum absolute atomic E-state index is 12.1. The Morgan fingerprint density at radius 1 is 1.55 bits per heavy atom. The molecule has 1 saturated heterocycles. The first-order chi connectivity index (χ1) is 9.50. The number of carboxylic acid groups (broad SMARTS) is 1. The van der Waals surface area contributed by atoms with Gasteiger partial charge in [-0.1, -0.05) is 11.8 Å². The monoisotopic (exact) mass is 298 g/mol. The Morgan fingerprint density at radius 3 is 2.95 bits per heavy atom. The van der Waals surface area contributed by atoms with Crippen molar-refractivity contribution in [3.63, 3.8) is 0 Å². The van der Waals surface area contributed by atoms with E-state index in [0.29, 0.717) is 18.1 Å². The summed E-state index contributed by atoms with van der Waals surface area (Å²) in [5, 5.41) is 17.6. The van der Waals surface area contributed by atoms with Crippen LogP contribution < -0.4 is 0 Å². The quantitative estimate of drug-likeness (QED) is 0.817. The van der Waals surface area contributed by atoms with Crippen LogP contribution in [0.4, 0.5) is 0 Å². The lowest BCUT2D eigenvalue weighted by atomic mass is 10.2. The molecule has 2 heterocycles. The topological polar surface area (TPSA) is 88.3 Å². The van der Waals surface area contributed by atoms with Crippen LogP contribution in [0.15, 0.2) is 11.5 Å². The summed E-state index contributed by atoms with van der Waals surface area (Å²) >= 11 is 1.30. The highest BCUT2D eigenvalue weighted by molar-refractivity contribution is 7.99. The zero-order valence-electron chi connectivity index (χ0n) is 11.5. The normalized spacial score (nSPS) is 18.8.